The standard InChI is InChI=1S/C10H17N3S2/c1-4-5-7-9(10(11)14)15-8(12-7)6-13(2)3/h4-6H2,1-3H3,(H2,11,14). The van der Waals surface area contributed by atoms with Gasteiger partial charge in [-0.2, -0.15) is 0 Å². The third-order valence-electron chi connectivity index (χ3n) is 1.90. The summed E-state index contributed by atoms with van der Waals surface area (Å²) in [5, 5.41) is 1.09. The number of thiazole rings is 1. The van der Waals surface area contributed by atoms with Gasteiger partial charge in [0.15, 0.2) is 0 Å². The van der Waals surface area contributed by atoms with Crippen LogP contribution in [0.15, 0.2) is 0 Å². The van der Waals surface area contributed by atoms with E-state index in [1.54, 1.807) is 11.3 Å². The number of hydrogen-bond acceptors (Lipinski definition) is 4. The number of hydrogen-bond donors (Lipinski definition) is 1. The van der Waals surface area contributed by atoms with E-state index in [2.05, 4.69) is 16.8 Å². The molecule has 0 bridgehead atoms. The molecule has 84 valence electrons. The van der Waals surface area contributed by atoms with Crippen molar-refractivity contribution in [2.75, 3.05) is 14.1 Å². The Morgan fingerprint density at radius 2 is 2.20 bits per heavy atom. The van der Waals surface area contributed by atoms with Crippen LogP contribution in [0.2, 0.25) is 0 Å². The Balaban J connectivity index is 2.93. The lowest BCUT2D eigenvalue weighted by molar-refractivity contribution is 0.401. The van der Waals surface area contributed by atoms with Crippen LogP contribution in [0.1, 0.15) is 28.9 Å². The summed E-state index contributed by atoms with van der Waals surface area (Å²) >= 11 is 6.64. The summed E-state index contributed by atoms with van der Waals surface area (Å²) in [4.78, 5) is 8.13. The van der Waals surface area contributed by atoms with Crippen molar-refractivity contribution >= 4 is 28.5 Å². The van der Waals surface area contributed by atoms with E-state index < -0.39 is 0 Å². The molecule has 0 unspecified atom stereocenters. The van der Waals surface area contributed by atoms with Crippen molar-refractivity contribution in [1.82, 2.24) is 9.88 Å². The van der Waals surface area contributed by atoms with E-state index in [1.807, 2.05) is 14.1 Å². The highest BCUT2D eigenvalue weighted by atomic mass is 32.1. The van der Waals surface area contributed by atoms with Crippen LogP contribution in [-0.2, 0) is 13.0 Å². The van der Waals surface area contributed by atoms with Crippen molar-refractivity contribution in [2.24, 2.45) is 5.73 Å². The highest BCUT2D eigenvalue weighted by Gasteiger charge is 2.12. The molecule has 0 saturated carbocycles. The molecule has 0 aliphatic carbocycles. The molecule has 1 heterocycles. The first-order valence-electron chi connectivity index (χ1n) is 4.97. The van der Waals surface area contributed by atoms with Gasteiger partial charge in [-0.15, -0.1) is 11.3 Å². The highest BCUT2D eigenvalue weighted by Crippen LogP contribution is 2.20. The minimum absolute atomic E-state index is 0.473. The third-order valence-corrected chi connectivity index (χ3v) is 3.35. The zero-order valence-electron chi connectivity index (χ0n) is 9.41. The Labute approximate surface area is 100 Å². The second-order valence-corrected chi connectivity index (χ2v) is 5.26. The SMILES string of the molecule is CCCc1nc(CN(C)C)sc1C(N)=S. The van der Waals surface area contributed by atoms with Gasteiger partial charge in [0, 0.05) is 6.54 Å². The van der Waals surface area contributed by atoms with Crippen molar-refractivity contribution in [3.05, 3.63) is 15.6 Å². The first kappa shape index (κ1) is 12.5. The van der Waals surface area contributed by atoms with E-state index in [0.717, 1.165) is 35.0 Å². The second kappa shape index (κ2) is 5.53. The molecule has 0 amide bonds. The van der Waals surface area contributed by atoms with Gasteiger partial charge in [-0.1, -0.05) is 25.6 Å². The molecule has 1 rings (SSSR count). The predicted molar refractivity (Wildman–Crippen MR) is 69.4 cm³/mol. The average Bonchev–Trinajstić information content (AvgIpc) is 2.47. The van der Waals surface area contributed by atoms with E-state index in [1.165, 1.54) is 0 Å². The van der Waals surface area contributed by atoms with Gasteiger partial charge < -0.3 is 10.6 Å². The van der Waals surface area contributed by atoms with E-state index in [9.17, 15) is 0 Å². The lowest BCUT2D eigenvalue weighted by Gasteiger charge is -2.04. The van der Waals surface area contributed by atoms with Crippen LogP contribution in [0.25, 0.3) is 0 Å². The first-order chi connectivity index (χ1) is 7.04. The average molecular weight is 243 g/mol. The van der Waals surface area contributed by atoms with Crippen LogP contribution in [-0.4, -0.2) is 29.0 Å². The fourth-order valence-electron chi connectivity index (χ4n) is 1.34. The smallest absolute Gasteiger partial charge is 0.116 e. The van der Waals surface area contributed by atoms with Crippen LogP contribution in [0.5, 0.6) is 0 Å². The van der Waals surface area contributed by atoms with Crippen LogP contribution < -0.4 is 5.73 Å². The Morgan fingerprint density at radius 1 is 1.53 bits per heavy atom. The molecule has 0 aliphatic heterocycles. The summed E-state index contributed by atoms with van der Waals surface area (Å²) in [5.74, 6) is 0. The van der Waals surface area contributed by atoms with E-state index >= 15 is 0 Å². The van der Waals surface area contributed by atoms with Crippen molar-refractivity contribution in [1.29, 1.82) is 0 Å². The molecule has 0 saturated heterocycles. The maximum Gasteiger partial charge on any atom is 0.116 e. The maximum absolute atomic E-state index is 5.68. The van der Waals surface area contributed by atoms with Crippen LogP contribution >= 0.6 is 23.6 Å². The molecule has 0 atom stereocenters. The van der Waals surface area contributed by atoms with Gasteiger partial charge in [-0.25, -0.2) is 4.98 Å². The number of thiocarbonyl (C=S) groups is 1. The summed E-state index contributed by atoms with van der Waals surface area (Å²) < 4.78 is 0. The topological polar surface area (TPSA) is 42.2 Å². The van der Waals surface area contributed by atoms with Gasteiger partial charge in [-0.05, 0) is 20.5 Å². The Bertz CT molecular complexity index is 344. The van der Waals surface area contributed by atoms with Gasteiger partial charge in [0.1, 0.15) is 10.00 Å². The second-order valence-electron chi connectivity index (χ2n) is 3.74. The molecule has 0 aromatic carbocycles. The summed E-state index contributed by atoms with van der Waals surface area (Å²) in [7, 11) is 4.06. The quantitative estimate of drug-likeness (QED) is 0.801. The van der Waals surface area contributed by atoms with E-state index in [-0.39, 0.29) is 0 Å². The molecule has 1 aromatic heterocycles. The molecule has 0 aliphatic rings. The van der Waals surface area contributed by atoms with Crippen LogP contribution in [0, 0.1) is 0 Å². The Kier molecular flexibility index (Phi) is 4.63. The Morgan fingerprint density at radius 3 is 2.67 bits per heavy atom. The normalized spacial score (nSPS) is 10.9. The van der Waals surface area contributed by atoms with E-state index in [0.29, 0.717) is 4.99 Å². The Hall–Kier alpha value is -0.520. The van der Waals surface area contributed by atoms with Crippen molar-refractivity contribution in [3.8, 4) is 0 Å². The fourth-order valence-corrected chi connectivity index (χ4v) is 2.66. The fraction of sp³-hybridized carbons (Fsp3) is 0.600. The maximum atomic E-state index is 5.68. The lowest BCUT2D eigenvalue weighted by atomic mass is 10.2. The van der Waals surface area contributed by atoms with Gasteiger partial charge in [0.05, 0.1) is 10.6 Å². The molecular formula is C10H17N3S2. The first-order valence-corrected chi connectivity index (χ1v) is 6.20. The monoisotopic (exact) mass is 243 g/mol. The van der Waals surface area contributed by atoms with Gasteiger partial charge >= 0.3 is 0 Å². The summed E-state index contributed by atoms with van der Waals surface area (Å²) in [6.45, 7) is 2.98. The number of rotatable bonds is 5. The molecule has 1 aromatic rings. The molecule has 0 fully saturated rings. The van der Waals surface area contributed by atoms with Gasteiger partial charge in [-0.3, -0.25) is 0 Å². The van der Waals surface area contributed by atoms with Crippen LogP contribution in [0.3, 0.4) is 0 Å². The zero-order valence-corrected chi connectivity index (χ0v) is 11.0. The predicted octanol–water partition coefficient (Wildman–Crippen LogP) is 1.79. The zero-order chi connectivity index (χ0) is 11.4. The van der Waals surface area contributed by atoms with E-state index in [4.69, 9.17) is 18.0 Å². The number of aryl methyl sites for hydroxylation is 1. The molecule has 15 heavy (non-hydrogen) atoms. The summed E-state index contributed by atoms with van der Waals surface area (Å²) in [6.07, 6.45) is 2.03. The minimum atomic E-state index is 0.473. The minimum Gasteiger partial charge on any atom is -0.389 e. The van der Waals surface area contributed by atoms with Crippen molar-refractivity contribution in [3.63, 3.8) is 0 Å². The molecular weight excluding hydrogens is 226 g/mol. The molecule has 5 heteroatoms. The van der Waals surface area contributed by atoms with Gasteiger partial charge in [0.2, 0.25) is 0 Å². The van der Waals surface area contributed by atoms with Gasteiger partial charge in [0.25, 0.3) is 0 Å². The largest absolute Gasteiger partial charge is 0.389 e. The number of nitrogens with zero attached hydrogens (tertiary/aromatic N) is 2. The summed E-state index contributed by atoms with van der Waals surface area (Å²) in [6, 6.07) is 0. The van der Waals surface area contributed by atoms with Crippen LogP contribution in [0.4, 0.5) is 0 Å². The highest BCUT2D eigenvalue weighted by molar-refractivity contribution is 7.81. The third kappa shape index (κ3) is 3.52. The lowest BCUT2D eigenvalue weighted by Crippen LogP contribution is -2.10. The summed E-state index contributed by atoms with van der Waals surface area (Å²) in [5.41, 5.74) is 6.74. The molecule has 0 radical (unpaired) electrons. The molecule has 3 nitrogen and oxygen atoms in total. The number of aromatic nitrogens is 1. The molecule has 2 N–H and O–H groups in total. The molecule has 0 spiro atoms. The van der Waals surface area contributed by atoms with Crippen molar-refractivity contribution in [2.45, 2.75) is 26.3 Å². The van der Waals surface area contributed by atoms with Crippen molar-refractivity contribution < 1.29 is 0 Å². The number of nitrogens with two attached hydrogens (primary N) is 1.